The summed E-state index contributed by atoms with van der Waals surface area (Å²) in [7, 11) is 0. The van der Waals surface area contributed by atoms with Gasteiger partial charge in [-0.25, -0.2) is 0 Å². The summed E-state index contributed by atoms with van der Waals surface area (Å²) in [5.74, 6) is 0.436. The molecule has 3 heteroatoms. The molecule has 1 aliphatic rings. The number of nitrogens with zero attached hydrogens (tertiary/aromatic N) is 1. The van der Waals surface area contributed by atoms with Crippen molar-refractivity contribution in [3.63, 3.8) is 0 Å². The molecule has 0 radical (unpaired) electrons. The highest BCUT2D eigenvalue weighted by Gasteiger charge is 2.17. The quantitative estimate of drug-likeness (QED) is 0.796. The summed E-state index contributed by atoms with van der Waals surface area (Å²) in [6.07, 6.45) is 2.70. The summed E-state index contributed by atoms with van der Waals surface area (Å²) in [6.45, 7) is 1.80. The summed E-state index contributed by atoms with van der Waals surface area (Å²) in [4.78, 5) is 13.7. The van der Waals surface area contributed by atoms with Crippen LogP contribution < -0.4 is 0 Å². The molecule has 1 N–H and O–H groups in total. The number of aromatic hydroxyl groups is 1. The molecule has 0 spiro atoms. The first kappa shape index (κ1) is 10.0. The molecule has 1 aromatic rings. The van der Waals surface area contributed by atoms with Gasteiger partial charge in [-0.2, -0.15) is 0 Å². The van der Waals surface area contributed by atoms with Crippen LogP contribution in [-0.2, 0) is 11.2 Å². The van der Waals surface area contributed by atoms with E-state index in [1.165, 1.54) is 0 Å². The van der Waals surface area contributed by atoms with Crippen LogP contribution in [0, 0.1) is 0 Å². The number of likely N-dealkylation sites (tertiary alicyclic amines) is 1. The molecule has 1 heterocycles. The fourth-order valence-electron chi connectivity index (χ4n) is 1.87. The number of carbonyl (C=O) groups excluding carboxylic acids is 1. The van der Waals surface area contributed by atoms with E-state index in [2.05, 4.69) is 0 Å². The maximum atomic E-state index is 11.8. The van der Waals surface area contributed by atoms with E-state index in [0.717, 1.165) is 31.5 Å². The molecule has 1 aliphatic heterocycles. The largest absolute Gasteiger partial charge is 0.508 e. The van der Waals surface area contributed by atoms with E-state index in [1.807, 2.05) is 4.90 Å². The normalized spacial score (nSPS) is 15.6. The van der Waals surface area contributed by atoms with E-state index < -0.39 is 0 Å². The predicted octanol–water partition coefficient (Wildman–Crippen LogP) is 1.56. The van der Waals surface area contributed by atoms with Crippen molar-refractivity contribution in [3.05, 3.63) is 29.8 Å². The molecular formula is C12H15NO2. The van der Waals surface area contributed by atoms with E-state index >= 15 is 0 Å². The van der Waals surface area contributed by atoms with E-state index in [-0.39, 0.29) is 11.7 Å². The molecule has 0 unspecified atom stereocenters. The Hall–Kier alpha value is -1.51. The molecule has 1 saturated heterocycles. The van der Waals surface area contributed by atoms with Gasteiger partial charge in [0, 0.05) is 13.1 Å². The standard InChI is InChI=1S/C12H15NO2/c14-11-5-3-10(4-6-11)9-12(15)13-7-1-2-8-13/h3-6,14H,1-2,7-9H2. The van der Waals surface area contributed by atoms with Crippen molar-refractivity contribution in [2.75, 3.05) is 13.1 Å². The number of hydrogen-bond acceptors (Lipinski definition) is 2. The predicted molar refractivity (Wildman–Crippen MR) is 57.6 cm³/mol. The third-order valence-corrected chi connectivity index (χ3v) is 2.75. The van der Waals surface area contributed by atoms with Crippen molar-refractivity contribution in [1.82, 2.24) is 4.90 Å². The lowest BCUT2D eigenvalue weighted by atomic mass is 10.1. The van der Waals surface area contributed by atoms with Gasteiger partial charge in [-0.1, -0.05) is 12.1 Å². The lowest BCUT2D eigenvalue weighted by molar-refractivity contribution is -0.129. The maximum absolute atomic E-state index is 11.8. The number of phenols is 1. The molecule has 1 fully saturated rings. The Morgan fingerprint density at radius 3 is 2.40 bits per heavy atom. The minimum atomic E-state index is 0.193. The van der Waals surface area contributed by atoms with Gasteiger partial charge in [-0.3, -0.25) is 4.79 Å². The zero-order valence-electron chi connectivity index (χ0n) is 8.65. The first-order chi connectivity index (χ1) is 7.25. The lowest BCUT2D eigenvalue weighted by Gasteiger charge is -2.14. The van der Waals surface area contributed by atoms with E-state index in [9.17, 15) is 4.79 Å². The summed E-state index contributed by atoms with van der Waals surface area (Å²) in [5.41, 5.74) is 0.963. The monoisotopic (exact) mass is 205 g/mol. The number of carbonyl (C=O) groups is 1. The van der Waals surface area contributed by atoms with Gasteiger partial charge in [-0.15, -0.1) is 0 Å². The highest BCUT2D eigenvalue weighted by molar-refractivity contribution is 5.79. The lowest BCUT2D eigenvalue weighted by Crippen LogP contribution is -2.28. The number of hydrogen-bond donors (Lipinski definition) is 1. The van der Waals surface area contributed by atoms with Crippen LogP contribution in [0.3, 0.4) is 0 Å². The van der Waals surface area contributed by atoms with Crippen molar-refractivity contribution in [2.24, 2.45) is 0 Å². The number of amides is 1. The van der Waals surface area contributed by atoms with Gasteiger partial charge in [0.1, 0.15) is 5.75 Å². The molecule has 3 nitrogen and oxygen atoms in total. The molecule has 2 rings (SSSR count). The smallest absolute Gasteiger partial charge is 0.226 e. The molecule has 0 aliphatic carbocycles. The summed E-state index contributed by atoms with van der Waals surface area (Å²) < 4.78 is 0. The van der Waals surface area contributed by atoms with Crippen molar-refractivity contribution < 1.29 is 9.90 Å². The second-order valence-corrected chi connectivity index (χ2v) is 3.93. The van der Waals surface area contributed by atoms with Gasteiger partial charge in [0.25, 0.3) is 0 Å². The zero-order chi connectivity index (χ0) is 10.7. The first-order valence-electron chi connectivity index (χ1n) is 5.31. The van der Waals surface area contributed by atoms with E-state index in [0.29, 0.717) is 6.42 Å². The van der Waals surface area contributed by atoms with Gasteiger partial charge in [0.15, 0.2) is 0 Å². The summed E-state index contributed by atoms with van der Waals surface area (Å²) in [6, 6.07) is 6.83. The van der Waals surface area contributed by atoms with Gasteiger partial charge < -0.3 is 10.0 Å². The van der Waals surface area contributed by atoms with Crippen molar-refractivity contribution in [3.8, 4) is 5.75 Å². The molecule has 1 aromatic carbocycles. The van der Waals surface area contributed by atoms with Crippen LogP contribution in [0.4, 0.5) is 0 Å². The highest BCUT2D eigenvalue weighted by atomic mass is 16.3. The van der Waals surface area contributed by atoms with Crippen LogP contribution in [0.5, 0.6) is 5.75 Å². The van der Waals surface area contributed by atoms with Gasteiger partial charge in [-0.05, 0) is 30.5 Å². The van der Waals surface area contributed by atoms with Crippen molar-refractivity contribution in [2.45, 2.75) is 19.3 Å². The van der Waals surface area contributed by atoms with Gasteiger partial charge in [0.05, 0.1) is 6.42 Å². The minimum Gasteiger partial charge on any atom is -0.508 e. The Morgan fingerprint density at radius 1 is 1.20 bits per heavy atom. The fourth-order valence-corrected chi connectivity index (χ4v) is 1.87. The zero-order valence-corrected chi connectivity index (χ0v) is 8.65. The van der Waals surface area contributed by atoms with E-state index in [1.54, 1.807) is 24.3 Å². The third-order valence-electron chi connectivity index (χ3n) is 2.75. The molecule has 1 amide bonds. The first-order valence-corrected chi connectivity index (χ1v) is 5.31. The van der Waals surface area contributed by atoms with Gasteiger partial charge >= 0.3 is 0 Å². The van der Waals surface area contributed by atoms with Crippen molar-refractivity contribution >= 4 is 5.91 Å². The van der Waals surface area contributed by atoms with Crippen LogP contribution in [0.15, 0.2) is 24.3 Å². The molecule has 15 heavy (non-hydrogen) atoms. The van der Waals surface area contributed by atoms with Crippen LogP contribution in [0.25, 0.3) is 0 Å². The average molecular weight is 205 g/mol. The van der Waals surface area contributed by atoms with Crippen LogP contribution in [0.2, 0.25) is 0 Å². The van der Waals surface area contributed by atoms with Crippen molar-refractivity contribution in [1.29, 1.82) is 0 Å². The fraction of sp³-hybridized carbons (Fsp3) is 0.417. The van der Waals surface area contributed by atoms with E-state index in [4.69, 9.17) is 5.11 Å². The molecular weight excluding hydrogens is 190 g/mol. The van der Waals surface area contributed by atoms with Crippen LogP contribution in [0.1, 0.15) is 18.4 Å². The molecule has 0 aromatic heterocycles. The SMILES string of the molecule is O=C(Cc1ccc(O)cc1)N1CCCC1. The van der Waals surface area contributed by atoms with Gasteiger partial charge in [0.2, 0.25) is 5.91 Å². The number of rotatable bonds is 2. The Morgan fingerprint density at radius 2 is 1.80 bits per heavy atom. The van der Waals surface area contributed by atoms with Crippen LogP contribution in [-0.4, -0.2) is 29.0 Å². The second kappa shape index (κ2) is 4.34. The highest BCUT2D eigenvalue weighted by Crippen LogP contribution is 2.13. The number of benzene rings is 1. The Balaban J connectivity index is 1.96. The van der Waals surface area contributed by atoms with Crippen LogP contribution >= 0.6 is 0 Å². The Kier molecular flexibility index (Phi) is 2.90. The summed E-state index contributed by atoms with van der Waals surface area (Å²) in [5, 5.41) is 9.11. The average Bonchev–Trinajstić information content (AvgIpc) is 2.74. The second-order valence-electron chi connectivity index (χ2n) is 3.93. The minimum absolute atomic E-state index is 0.193. The summed E-state index contributed by atoms with van der Waals surface area (Å²) >= 11 is 0. The maximum Gasteiger partial charge on any atom is 0.226 e. The molecule has 0 bridgehead atoms. The number of phenolic OH excluding ortho intramolecular Hbond substituents is 1. The molecule has 0 atom stereocenters. The molecule has 80 valence electrons. The third kappa shape index (κ3) is 2.49. The topological polar surface area (TPSA) is 40.5 Å². The Labute approximate surface area is 89.3 Å². The molecule has 0 saturated carbocycles. The Bertz CT molecular complexity index is 339.